The molecule has 0 spiro atoms. The van der Waals surface area contributed by atoms with Gasteiger partial charge in [0.25, 0.3) is 0 Å². The Bertz CT molecular complexity index is 597. The van der Waals surface area contributed by atoms with Crippen LogP contribution in [-0.4, -0.2) is 4.98 Å². The van der Waals surface area contributed by atoms with Crippen molar-refractivity contribution in [1.82, 2.24) is 4.98 Å². The fourth-order valence-electron chi connectivity index (χ4n) is 1.92. The lowest BCUT2D eigenvalue weighted by Gasteiger charge is -2.21. The molecule has 0 unspecified atom stereocenters. The Kier molecular flexibility index (Phi) is 4.01. The smallest absolute Gasteiger partial charge is 0.107 e. The second-order valence-electron chi connectivity index (χ2n) is 4.51. The number of rotatable bonds is 1. The zero-order valence-electron chi connectivity index (χ0n) is 11.7. The van der Waals surface area contributed by atoms with Crippen LogP contribution >= 0.6 is 11.3 Å². The molecule has 0 bridgehead atoms. The van der Waals surface area contributed by atoms with E-state index in [0.29, 0.717) is 0 Å². The van der Waals surface area contributed by atoms with Crippen LogP contribution in [0.2, 0.25) is 0 Å². The molecule has 0 fully saturated rings. The molecule has 98 valence electrons. The number of benzene rings is 1. The summed E-state index contributed by atoms with van der Waals surface area (Å²) in [5.74, 6) is 0. The fourth-order valence-corrected chi connectivity index (χ4v) is 2.99. The summed E-state index contributed by atoms with van der Waals surface area (Å²) in [6, 6.07) is 8.27. The highest BCUT2D eigenvalue weighted by atomic mass is 32.1. The van der Waals surface area contributed by atoms with E-state index in [1.165, 1.54) is 4.70 Å². The molecule has 1 heterocycles. The van der Waals surface area contributed by atoms with Gasteiger partial charge in [-0.05, 0) is 24.6 Å². The van der Waals surface area contributed by atoms with Crippen molar-refractivity contribution in [2.45, 2.75) is 26.2 Å². The molecule has 0 amide bonds. The quantitative estimate of drug-likeness (QED) is 0.688. The highest BCUT2D eigenvalue weighted by molar-refractivity contribution is 7.18. The van der Waals surface area contributed by atoms with Gasteiger partial charge in [-0.2, -0.15) is 0 Å². The highest BCUT2D eigenvalue weighted by Gasteiger charge is 2.25. The van der Waals surface area contributed by atoms with Crippen LogP contribution in [0.1, 0.15) is 25.8 Å². The Morgan fingerprint density at radius 2 is 1.74 bits per heavy atom. The maximum Gasteiger partial charge on any atom is 0.107 e. The molecule has 0 saturated heterocycles. The normalized spacial score (nSPS) is 16.3. The molecule has 1 aliphatic carbocycles. The van der Waals surface area contributed by atoms with Crippen molar-refractivity contribution in [3.8, 4) is 0 Å². The van der Waals surface area contributed by atoms with Crippen molar-refractivity contribution in [2.75, 3.05) is 0 Å². The van der Waals surface area contributed by atoms with Crippen molar-refractivity contribution in [3.05, 3.63) is 65.7 Å². The minimum Gasteiger partial charge on any atom is -0.240 e. The first-order valence-corrected chi connectivity index (χ1v) is 7.42. The first kappa shape index (κ1) is 13.8. The van der Waals surface area contributed by atoms with Crippen LogP contribution in [0.5, 0.6) is 0 Å². The number of fused-ring (bicyclic) bond motifs is 1. The summed E-state index contributed by atoms with van der Waals surface area (Å²) in [5, 5.41) is 1.14. The Morgan fingerprint density at radius 3 is 2.37 bits per heavy atom. The van der Waals surface area contributed by atoms with E-state index in [9.17, 15) is 0 Å². The van der Waals surface area contributed by atoms with Crippen molar-refractivity contribution in [3.63, 3.8) is 0 Å². The molecular weight excluding hydrogens is 250 g/mol. The molecular formula is C17H19NS. The summed E-state index contributed by atoms with van der Waals surface area (Å²) in [7, 11) is 0. The standard InChI is InChI=1S/C15H13NS.C2H6/c1-11-7-9-15(2,10-8-11)14-16-12-5-3-4-6-13(12)17-14;1-2/h3-10H,1H2,2H3;1-2H3. The molecule has 1 nitrogen and oxygen atoms in total. The number of aromatic nitrogens is 1. The lowest BCUT2D eigenvalue weighted by atomic mass is 9.86. The summed E-state index contributed by atoms with van der Waals surface area (Å²) in [6.45, 7) is 10.1. The van der Waals surface area contributed by atoms with Crippen LogP contribution in [0.4, 0.5) is 0 Å². The molecule has 0 radical (unpaired) electrons. The van der Waals surface area contributed by atoms with Gasteiger partial charge in [0.05, 0.1) is 15.6 Å². The summed E-state index contributed by atoms with van der Waals surface area (Å²) in [4.78, 5) is 4.72. The Morgan fingerprint density at radius 1 is 1.11 bits per heavy atom. The SMILES string of the molecule is C=C1C=CC(C)(c2nc3ccccc3s2)C=C1.CC. The van der Waals surface area contributed by atoms with Gasteiger partial charge in [-0.1, -0.05) is 56.9 Å². The largest absolute Gasteiger partial charge is 0.240 e. The number of nitrogens with zero attached hydrogens (tertiary/aromatic N) is 1. The molecule has 3 rings (SSSR count). The number of hydrogen-bond acceptors (Lipinski definition) is 2. The fraction of sp³-hybridized carbons (Fsp3) is 0.235. The maximum absolute atomic E-state index is 4.72. The molecule has 1 aliphatic rings. The third-order valence-electron chi connectivity index (χ3n) is 3.04. The summed E-state index contributed by atoms with van der Waals surface area (Å²) in [5.41, 5.74) is 2.04. The van der Waals surface area contributed by atoms with E-state index in [1.807, 2.05) is 19.9 Å². The zero-order valence-corrected chi connectivity index (χ0v) is 12.5. The summed E-state index contributed by atoms with van der Waals surface area (Å²) < 4.78 is 1.25. The molecule has 2 aromatic rings. The first-order chi connectivity index (χ1) is 9.17. The predicted octanol–water partition coefficient (Wildman–Crippen LogP) is 5.26. The average molecular weight is 269 g/mol. The highest BCUT2D eigenvalue weighted by Crippen LogP contribution is 2.35. The Hall–Kier alpha value is -1.67. The van der Waals surface area contributed by atoms with Crippen LogP contribution in [0, 0.1) is 0 Å². The number of thiazole rings is 1. The van der Waals surface area contributed by atoms with Gasteiger partial charge in [0.2, 0.25) is 0 Å². The second-order valence-corrected chi connectivity index (χ2v) is 5.54. The molecule has 2 heteroatoms. The van der Waals surface area contributed by atoms with Gasteiger partial charge in [-0.15, -0.1) is 11.3 Å². The molecule has 0 saturated carbocycles. The first-order valence-electron chi connectivity index (χ1n) is 6.61. The molecule has 0 N–H and O–H groups in total. The Balaban J connectivity index is 0.000000637. The van der Waals surface area contributed by atoms with Gasteiger partial charge in [-0.3, -0.25) is 0 Å². The van der Waals surface area contributed by atoms with Gasteiger partial charge >= 0.3 is 0 Å². The lowest BCUT2D eigenvalue weighted by Crippen LogP contribution is -2.17. The van der Waals surface area contributed by atoms with E-state index in [-0.39, 0.29) is 5.41 Å². The minimum absolute atomic E-state index is 0.0924. The average Bonchev–Trinajstić information content (AvgIpc) is 2.89. The van der Waals surface area contributed by atoms with E-state index >= 15 is 0 Å². The Labute approximate surface area is 119 Å². The van der Waals surface area contributed by atoms with Crippen molar-refractivity contribution >= 4 is 21.6 Å². The summed E-state index contributed by atoms with van der Waals surface area (Å²) in [6.07, 6.45) is 8.47. The van der Waals surface area contributed by atoms with Crippen molar-refractivity contribution < 1.29 is 0 Å². The van der Waals surface area contributed by atoms with Gasteiger partial charge in [-0.25, -0.2) is 4.98 Å². The van der Waals surface area contributed by atoms with E-state index in [1.54, 1.807) is 11.3 Å². The van der Waals surface area contributed by atoms with Crippen LogP contribution in [0.25, 0.3) is 10.2 Å². The number of allylic oxidation sites excluding steroid dienone is 5. The summed E-state index contributed by atoms with van der Waals surface area (Å²) >= 11 is 1.76. The molecule has 1 aromatic heterocycles. The van der Waals surface area contributed by atoms with Crippen LogP contribution in [-0.2, 0) is 5.41 Å². The third kappa shape index (κ3) is 2.69. The third-order valence-corrected chi connectivity index (χ3v) is 4.33. The van der Waals surface area contributed by atoms with Crippen LogP contribution in [0.15, 0.2) is 60.7 Å². The van der Waals surface area contributed by atoms with Gasteiger partial charge in [0.15, 0.2) is 0 Å². The van der Waals surface area contributed by atoms with E-state index in [0.717, 1.165) is 16.1 Å². The van der Waals surface area contributed by atoms with Gasteiger partial charge < -0.3 is 0 Å². The van der Waals surface area contributed by atoms with Crippen LogP contribution < -0.4 is 0 Å². The van der Waals surface area contributed by atoms with Gasteiger partial charge in [0.1, 0.15) is 5.01 Å². The minimum atomic E-state index is -0.0924. The van der Waals surface area contributed by atoms with Crippen LogP contribution in [0.3, 0.4) is 0 Å². The monoisotopic (exact) mass is 269 g/mol. The topological polar surface area (TPSA) is 12.9 Å². The molecule has 0 aliphatic heterocycles. The molecule has 0 atom stereocenters. The predicted molar refractivity (Wildman–Crippen MR) is 85.7 cm³/mol. The molecule has 19 heavy (non-hydrogen) atoms. The van der Waals surface area contributed by atoms with Crippen molar-refractivity contribution in [2.24, 2.45) is 0 Å². The van der Waals surface area contributed by atoms with E-state index < -0.39 is 0 Å². The second kappa shape index (κ2) is 5.54. The lowest BCUT2D eigenvalue weighted by molar-refractivity contribution is 0.744. The van der Waals surface area contributed by atoms with Crippen molar-refractivity contribution in [1.29, 1.82) is 0 Å². The maximum atomic E-state index is 4.72. The van der Waals surface area contributed by atoms with E-state index in [2.05, 4.69) is 56.0 Å². The van der Waals surface area contributed by atoms with Gasteiger partial charge in [0, 0.05) is 0 Å². The number of para-hydroxylation sites is 1. The van der Waals surface area contributed by atoms with E-state index in [4.69, 9.17) is 4.98 Å². The molecule has 1 aromatic carbocycles. The zero-order chi connectivity index (χ0) is 13.9. The number of hydrogen-bond donors (Lipinski definition) is 0.